The third kappa shape index (κ3) is 20.0. The quantitative estimate of drug-likeness (QED) is 0.147. The van der Waals surface area contributed by atoms with Crippen LogP contribution in [0, 0.1) is 5.92 Å². The van der Waals surface area contributed by atoms with Crippen LogP contribution in [-0.4, -0.2) is 13.1 Å². The zero-order valence-electron chi connectivity index (χ0n) is 19.0. The molecule has 0 radical (unpaired) electrons. The molecule has 0 saturated carbocycles. The maximum Gasteiger partial charge on any atom is 0.305 e. The Morgan fingerprint density at radius 2 is 0.963 bits per heavy atom. The SMILES string of the molecule is CCCC(CCC)CCCCCCCCCCCCCCCCC(=O)OC. The normalized spacial score (nSPS) is 11.3. The van der Waals surface area contributed by atoms with Crippen molar-refractivity contribution in [2.75, 3.05) is 7.11 Å². The van der Waals surface area contributed by atoms with Gasteiger partial charge in [-0.2, -0.15) is 0 Å². The average molecular weight is 383 g/mol. The molecule has 0 unspecified atom stereocenters. The zero-order chi connectivity index (χ0) is 20.0. The zero-order valence-corrected chi connectivity index (χ0v) is 19.0. The van der Waals surface area contributed by atoms with E-state index < -0.39 is 0 Å². The minimum atomic E-state index is -0.0628. The second kappa shape index (κ2) is 21.8. The standard InChI is InChI=1S/C25H50O2/c1-4-20-24(21-5-2)22-18-16-14-12-10-8-6-7-9-11-13-15-17-19-23-25(26)27-3/h24H,4-23H2,1-3H3. The summed E-state index contributed by atoms with van der Waals surface area (Å²) < 4.78 is 4.66. The summed E-state index contributed by atoms with van der Waals surface area (Å²) >= 11 is 0. The van der Waals surface area contributed by atoms with Gasteiger partial charge in [-0.1, -0.05) is 129 Å². The summed E-state index contributed by atoms with van der Waals surface area (Å²) in [6.07, 6.45) is 26.8. The number of ether oxygens (including phenoxy) is 1. The minimum Gasteiger partial charge on any atom is -0.469 e. The van der Waals surface area contributed by atoms with E-state index >= 15 is 0 Å². The van der Waals surface area contributed by atoms with E-state index in [1.807, 2.05) is 0 Å². The fourth-order valence-corrected chi connectivity index (χ4v) is 4.18. The maximum absolute atomic E-state index is 11.0. The smallest absolute Gasteiger partial charge is 0.305 e. The van der Waals surface area contributed by atoms with Crippen LogP contribution in [-0.2, 0) is 9.53 Å². The van der Waals surface area contributed by atoms with Gasteiger partial charge in [0, 0.05) is 6.42 Å². The molecule has 0 bridgehead atoms. The number of rotatable bonds is 21. The van der Waals surface area contributed by atoms with Crippen LogP contribution in [0.25, 0.3) is 0 Å². The molecule has 2 nitrogen and oxygen atoms in total. The lowest BCUT2D eigenvalue weighted by Gasteiger charge is -2.14. The van der Waals surface area contributed by atoms with Crippen LogP contribution in [0.5, 0.6) is 0 Å². The Morgan fingerprint density at radius 3 is 1.33 bits per heavy atom. The molecule has 0 aromatic rings. The van der Waals surface area contributed by atoms with Gasteiger partial charge in [-0.05, 0) is 12.3 Å². The average Bonchev–Trinajstić information content (AvgIpc) is 2.67. The van der Waals surface area contributed by atoms with Gasteiger partial charge < -0.3 is 4.74 Å². The van der Waals surface area contributed by atoms with E-state index in [1.54, 1.807) is 0 Å². The molecule has 2 heteroatoms. The number of carbonyl (C=O) groups excluding carboxylic acids is 1. The molecule has 0 aliphatic rings. The molecule has 0 rings (SSSR count). The number of unbranched alkanes of at least 4 members (excludes halogenated alkanes) is 13. The van der Waals surface area contributed by atoms with Crippen molar-refractivity contribution < 1.29 is 9.53 Å². The number of hydrogen-bond acceptors (Lipinski definition) is 2. The van der Waals surface area contributed by atoms with Crippen LogP contribution in [0.3, 0.4) is 0 Å². The summed E-state index contributed by atoms with van der Waals surface area (Å²) in [5.41, 5.74) is 0. The molecule has 0 amide bonds. The van der Waals surface area contributed by atoms with Crippen molar-refractivity contribution in [1.82, 2.24) is 0 Å². The first-order chi connectivity index (χ1) is 13.2. The first-order valence-corrected chi connectivity index (χ1v) is 12.3. The molecule has 27 heavy (non-hydrogen) atoms. The van der Waals surface area contributed by atoms with E-state index in [0.29, 0.717) is 6.42 Å². The van der Waals surface area contributed by atoms with E-state index in [0.717, 1.165) is 12.3 Å². The number of carbonyl (C=O) groups is 1. The van der Waals surface area contributed by atoms with E-state index in [4.69, 9.17) is 0 Å². The molecular weight excluding hydrogens is 332 g/mol. The minimum absolute atomic E-state index is 0.0628. The molecule has 0 heterocycles. The highest BCUT2D eigenvalue weighted by atomic mass is 16.5. The topological polar surface area (TPSA) is 26.3 Å². The summed E-state index contributed by atoms with van der Waals surface area (Å²) in [6, 6.07) is 0. The van der Waals surface area contributed by atoms with Crippen molar-refractivity contribution in [2.45, 2.75) is 142 Å². The Labute approximate surface area is 171 Å². The Morgan fingerprint density at radius 1 is 0.593 bits per heavy atom. The van der Waals surface area contributed by atoms with Gasteiger partial charge >= 0.3 is 5.97 Å². The van der Waals surface area contributed by atoms with Crippen molar-refractivity contribution in [1.29, 1.82) is 0 Å². The van der Waals surface area contributed by atoms with Crippen LogP contribution in [0.1, 0.15) is 142 Å². The molecule has 0 aromatic carbocycles. The maximum atomic E-state index is 11.0. The van der Waals surface area contributed by atoms with Crippen molar-refractivity contribution in [3.8, 4) is 0 Å². The Balaban J connectivity index is 3.17. The highest BCUT2D eigenvalue weighted by Crippen LogP contribution is 2.21. The van der Waals surface area contributed by atoms with Crippen LogP contribution < -0.4 is 0 Å². The van der Waals surface area contributed by atoms with Crippen LogP contribution >= 0.6 is 0 Å². The van der Waals surface area contributed by atoms with Gasteiger partial charge in [-0.15, -0.1) is 0 Å². The molecular formula is C25H50O2. The van der Waals surface area contributed by atoms with E-state index in [1.165, 1.54) is 123 Å². The molecule has 0 saturated heterocycles. The summed E-state index contributed by atoms with van der Waals surface area (Å²) in [4.78, 5) is 11.0. The van der Waals surface area contributed by atoms with Gasteiger partial charge in [0.2, 0.25) is 0 Å². The lowest BCUT2D eigenvalue weighted by Crippen LogP contribution is -1.99. The first-order valence-electron chi connectivity index (χ1n) is 12.3. The van der Waals surface area contributed by atoms with E-state index in [2.05, 4.69) is 18.6 Å². The van der Waals surface area contributed by atoms with Crippen molar-refractivity contribution in [3.05, 3.63) is 0 Å². The predicted octanol–water partition coefficient (Wildman–Crippen LogP) is 8.62. The third-order valence-electron chi connectivity index (χ3n) is 5.86. The molecule has 0 aliphatic carbocycles. The molecule has 0 N–H and O–H groups in total. The molecule has 162 valence electrons. The fraction of sp³-hybridized carbons (Fsp3) is 0.960. The second-order valence-electron chi connectivity index (χ2n) is 8.51. The first kappa shape index (κ1) is 26.5. The Kier molecular flexibility index (Phi) is 21.3. The molecule has 0 aromatic heterocycles. The predicted molar refractivity (Wildman–Crippen MR) is 119 cm³/mol. The number of hydrogen-bond donors (Lipinski definition) is 0. The Hall–Kier alpha value is -0.530. The van der Waals surface area contributed by atoms with Gasteiger partial charge in [0.05, 0.1) is 7.11 Å². The summed E-state index contributed by atoms with van der Waals surface area (Å²) in [7, 11) is 1.47. The lowest BCUT2D eigenvalue weighted by atomic mass is 9.92. The summed E-state index contributed by atoms with van der Waals surface area (Å²) in [6.45, 7) is 4.66. The fourth-order valence-electron chi connectivity index (χ4n) is 4.18. The highest BCUT2D eigenvalue weighted by Gasteiger charge is 2.05. The number of methoxy groups -OCH3 is 1. The van der Waals surface area contributed by atoms with Gasteiger partial charge in [-0.3, -0.25) is 4.79 Å². The van der Waals surface area contributed by atoms with Crippen LogP contribution in [0.4, 0.5) is 0 Å². The second-order valence-corrected chi connectivity index (χ2v) is 8.51. The van der Waals surface area contributed by atoms with Gasteiger partial charge in [-0.25, -0.2) is 0 Å². The molecule has 0 aliphatic heterocycles. The monoisotopic (exact) mass is 382 g/mol. The summed E-state index contributed by atoms with van der Waals surface area (Å²) in [5, 5.41) is 0. The third-order valence-corrected chi connectivity index (χ3v) is 5.86. The van der Waals surface area contributed by atoms with E-state index in [9.17, 15) is 4.79 Å². The van der Waals surface area contributed by atoms with Gasteiger partial charge in [0.15, 0.2) is 0 Å². The van der Waals surface area contributed by atoms with Gasteiger partial charge in [0.1, 0.15) is 0 Å². The van der Waals surface area contributed by atoms with Crippen molar-refractivity contribution >= 4 is 5.97 Å². The molecule has 0 spiro atoms. The number of esters is 1. The van der Waals surface area contributed by atoms with Crippen molar-refractivity contribution in [3.63, 3.8) is 0 Å². The lowest BCUT2D eigenvalue weighted by molar-refractivity contribution is -0.140. The molecule has 0 atom stereocenters. The van der Waals surface area contributed by atoms with Crippen LogP contribution in [0.2, 0.25) is 0 Å². The van der Waals surface area contributed by atoms with Crippen LogP contribution in [0.15, 0.2) is 0 Å². The van der Waals surface area contributed by atoms with E-state index in [-0.39, 0.29) is 5.97 Å². The van der Waals surface area contributed by atoms with Crippen molar-refractivity contribution in [2.24, 2.45) is 5.92 Å². The largest absolute Gasteiger partial charge is 0.469 e. The molecule has 0 fully saturated rings. The summed E-state index contributed by atoms with van der Waals surface area (Å²) in [5.74, 6) is 0.944. The van der Waals surface area contributed by atoms with Gasteiger partial charge in [0.25, 0.3) is 0 Å². The Bertz CT molecular complexity index is 295. The highest BCUT2D eigenvalue weighted by molar-refractivity contribution is 5.68.